The first-order valence-electron chi connectivity index (χ1n) is 11.3. The van der Waals surface area contributed by atoms with Gasteiger partial charge < -0.3 is 14.6 Å². The lowest BCUT2D eigenvalue weighted by Crippen LogP contribution is -2.46. The number of carbonyl (C=O) groups excluding carboxylic acids is 1. The smallest absolute Gasteiger partial charge is 0.241 e. The van der Waals surface area contributed by atoms with Crippen LogP contribution in [0.2, 0.25) is 5.02 Å². The SMILES string of the molecule is Cc1ccccc1OCC(C)NC(=O)C1CCCN(Cc2nc(-c3cccc(Cl)c3)no2)C1. The summed E-state index contributed by atoms with van der Waals surface area (Å²) < 4.78 is 11.3. The molecule has 4 rings (SSSR count). The number of aromatic nitrogens is 2. The highest BCUT2D eigenvalue weighted by molar-refractivity contribution is 6.30. The van der Waals surface area contributed by atoms with Crippen LogP contribution in [0.1, 0.15) is 31.2 Å². The van der Waals surface area contributed by atoms with Crippen molar-refractivity contribution in [2.24, 2.45) is 5.92 Å². The largest absolute Gasteiger partial charge is 0.491 e. The topological polar surface area (TPSA) is 80.5 Å². The van der Waals surface area contributed by atoms with Crippen LogP contribution in [0.5, 0.6) is 5.75 Å². The normalized spacial score (nSPS) is 17.5. The molecule has 1 aliphatic heterocycles. The lowest BCUT2D eigenvalue weighted by molar-refractivity contribution is -0.127. The van der Waals surface area contributed by atoms with Gasteiger partial charge in [-0.3, -0.25) is 9.69 Å². The predicted octanol–water partition coefficient (Wildman–Crippen LogP) is 4.49. The first kappa shape index (κ1) is 23.3. The highest BCUT2D eigenvalue weighted by Gasteiger charge is 2.27. The molecular formula is C25H29ClN4O3. The summed E-state index contributed by atoms with van der Waals surface area (Å²) in [7, 11) is 0. The molecule has 0 aliphatic carbocycles. The van der Waals surface area contributed by atoms with Crippen molar-refractivity contribution < 1.29 is 14.1 Å². The number of halogens is 1. The van der Waals surface area contributed by atoms with E-state index in [1.807, 2.05) is 50.2 Å². The number of carbonyl (C=O) groups is 1. The molecule has 2 unspecified atom stereocenters. The van der Waals surface area contributed by atoms with E-state index >= 15 is 0 Å². The second kappa shape index (κ2) is 10.8. The van der Waals surface area contributed by atoms with Crippen LogP contribution in [0.4, 0.5) is 0 Å². The van der Waals surface area contributed by atoms with Crippen molar-refractivity contribution in [1.82, 2.24) is 20.4 Å². The minimum Gasteiger partial charge on any atom is -0.491 e. The molecule has 0 bridgehead atoms. The number of likely N-dealkylation sites (tertiary alicyclic amines) is 1. The fourth-order valence-corrected chi connectivity index (χ4v) is 4.19. The zero-order valence-electron chi connectivity index (χ0n) is 19.0. The maximum absolute atomic E-state index is 12.8. The molecule has 2 atom stereocenters. The molecule has 1 saturated heterocycles. The lowest BCUT2D eigenvalue weighted by atomic mass is 9.97. The quantitative estimate of drug-likeness (QED) is 0.524. The molecule has 2 aromatic carbocycles. The maximum Gasteiger partial charge on any atom is 0.241 e. The Hall–Kier alpha value is -2.90. The van der Waals surface area contributed by atoms with Crippen LogP contribution >= 0.6 is 11.6 Å². The van der Waals surface area contributed by atoms with Gasteiger partial charge in [0, 0.05) is 17.1 Å². The zero-order valence-corrected chi connectivity index (χ0v) is 19.7. The van der Waals surface area contributed by atoms with Crippen LogP contribution in [0.15, 0.2) is 53.1 Å². The van der Waals surface area contributed by atoms with Crippen LogP contribution < -0.4 is 10.1 Å². The molecule has 0 spiro atoms. The van der Waals surface area contributed by atoms with Crippen molar-refractivity contribution in [2.75, 3.05) is 19.7 Å². The number of ether oxygens (including phenoxy) is 1. The number of amides is 1. The first-order valence-corrected chi connectivity index (χ1v) is 11.7. The Morgan fingerprint density at radius 2 is 2.15 bits per heavy atom. The van der Waals surface area contributed by atoms with Crippen molar-refractivity contribution in [1.29, 1.82) is 0 Å². The summed E-state index contributed by atoms with van der Waals surface area (Å²) in [4.78, 5) is 19.5. The number of rotatable bonds is 8. The summed E-state index contributed by atoms with van der Waals surface area (Å²) in [5, 5.41) is 7.80. The van der Waals surface area contributed by atoms with Crippen molar-refractivity contribution in [3.05, 3.63) is 65.0 Å². The summed E-state index contributed by atoms with van der Waals surface area (Å²) in [6.07, 6.45) is 1.81. The number of para-hydroxylation sites is 1. The third-order valence-corrected chi connectivity index (χ3v) is 5.99. The molecular weight excluding hydrogens is 440 g/mol. The van der Waals surface area contributed by atoms with Gasteiger partial charge in [-0.05, 0) is 57.0 Å². The molecule has 0 radical (unpaired) electrons. The summed E-state index contributed by atoms with van der Waals surface area (Å²) >= 11 is 6.06. The predicted molar refractivity (Wildman–Crippen MR) is 127 cm³/mol. The summed E-state index contributed by atoms with van der Waals surface area (Å²) in [5.41, 5.74) is 1.90. The van der Waals surface area contributed by atoms with E-state index in [4.69, 9.17) is 20.9 Å². The Kier molecular flexibility index (Phi) is 7.62. The van der Waals surface area contributed by atoms with E-state index in [0.29, 0.717) is 36.4 Å². The van der Waals surface area contributed by atoms with Gasteiger partial charge in [0.05, 0.1) is 18.5 Å². The second-order valence-electron chi connectivity index (χ2n) is 8.58. The average Bonchev–Trinajstić information content (AvgIpc) is 3.27. The van der Waals surface area contributed by atoms with Crippen LogP contribution in [0, 0.1) is 12.8 Å². The Morgan fingerprint density at radius 3 is 2.97 bits per heavy atom. The Bertz CT molecular complexity index is 1090. The van der Waals surface area contributed by atoms with Gasteiger partial charge >= 0.3 is 0 Å². The van der Waals surface area contributed by atoms with Crippen LogP contribution in [0.3, 0.4) is 0 Å². The Labute approximate surface area is 199 Å². The third-order valence-electron chi connectivity index (χ3n) is 5.76. The van der Waals surface area contributed by atoms with Gasteiger partial charge in [0.1, 0.15) is 12.4 Å². The fourth-order valence-electron chi connectivity index (χ4n) is 4.00. The monoisotopic (exact) mass is 468 g/mol. The molecule has 1 aromatic heterocycles. The van der Waals surface area contributed by atoms with Crippen molar-refractivity contribution in [2.45, 2.75) is 39.3 Å². The molecule has 2 heterocycles. The summed E-state index contributed by atoms with van der Waals surface area (Å²) in [6.45, 7) is 6.48. The molecule has 1 aliphatic rings. The van der Waals surface area contributed by atoms with Gasteiger partial charge in [0.2, 0.25) is 17.6 Å². The van der Waals surface area contributed by atoms with Gasteiger partial charge in [0.15, 0.2) is 0 Å². The van der Waals surface area contributed by atoms with Crippen LogP contribution in [-0.2, 0) is 11.3 Å². The highest BCUT2D eigenvalue weighted by atomic mass is 35.5. The van der Waals surface area contributed by atoms with E-state index < -0.39 is 0 Å². The summed E-state index contributed by atoms with van der Waals surface area (Å²) in [6, 6.07) is 15.2. The molecule has 1 N–H and O–H groups in total. The number of aryl methyl sites for hydroxylation is 1. The minimum atomic E-state index is -0.0799. The molecule has 8 heteroatoms. The van der Waals surface area contributed by atoms with E-state index in [-0.39, 0.29) is 17.9 Å². The molecule has 1 fully saturated rings. The van der Waals surface area contributed by atoms with Gasteiger partial charge in [0.25, 0.3) is 0 Å². The second-order valence-corrected chi connectivity index (χ2v) is 9.02. The van der Waals surface area contributed by atoms with Gasteiger partial charge in [-0.1, -0.05) is 47.1 Å². The number of nitrogens with one attached hydrogen (secondary N) is 1. The van der Waals surface area contributed by atoms with Gasteiger partial charge in [-0.2, -0.15) is 4.98 Å². The van der Waals surface area contributed by atoms with E-state index in [1.54, 1.807) is 12.1 Å². The standard InChI is InChI=1S/C25H29ClN4O3/c1-17-7-3-4-11-22(17)32-16-18(2)27-25(31)20-9-6-12-30(14-20)15-23-28-24(29-33-23)19-8-5-10-21(26)13-19/h3-5,7-8,10-11,13,18,20H,6,9,12,14-16H2,1-2H3,(H,27,31). The zero-order chi connectivity index (χ0) is 23.2. The highest BCUT2D eigenvalue weighted by Crippen LogP contribution is 2.22. The minimum absolute atomic E-state index is 0.0609. The number of hydrogen-bond donors (Lipinski definition) is 1. The van der Waals surface area contributed by atoms with Crippen LogP contribution in [0.25, 0.3) is 11.4 Å². The molecule has 33 heavy (non-hydrogen) atoms. The Morgan fingerprint density at radius 1 is 1.30 bits per heavy atom. The molecule has 3 aromatic rings. The van der Waals surface area contributed by atoms with E-state index in [9.17, 15) is 4.79 Å². The number of piperidine rings is 1. The van der Waals surface area contributed by atoms with Crippen molar-refractivity contribution in [3.8, 4) is 17.1 Å². The van der Waals surface area contributed by atoms with E-state index in [0.717, 1.165) is 36.3 Å². The van der Waals surface area contributed by atoms with Crippen LogP contribution in [-0.4, -0.2) is 46.7 Å². The third kappa shape index (κ3) is 6.33. The van der Waals surface area contributed by atoms with Gasteiger partial charge in [-0.15, -0.1) is 0 Å². The first-order chi connectivity index (χ1) is 16.0. The molecule has 174 valence electrons. The maximum atomic E-state index is 12.8. The molecule has 7 nitrogen and oxygen atoms in total. The number of hydrogen-bond acceptors (Lipinski definition) is 6. The number of nitrogens with zero attached hydrogens (tertiary/aromatic N) is 3. The lowest BCUT2D eigenvalue weighted by Gasteiger charge is -2.31. The average molecular weight is 469 g/mol. The summed E-state index contributed by atoms with van der Waals surface area (Å²) in [5.74, 6) is 1.88. The molecule has 0 saturated carbocycles. The van der Waals surface area contributed by atoms with Gasteiger partial charge in [-0.25, -0.2) is 0 Å². The van der Waals surface area contributed by atoms with E-state index in [2.05, 4.69) is 20.4 Å². The van der Waals surface area contributed by atoms with E-state index in [1.165, 1.54) is 0 Å². The number of benzene rings is 2. The fraction of sp³-hybridized carbons (Fsp3) is 0.400. The molecule has 1 amide bonds. The van der Waals surface area contributed by atoms with Crippen molar-refractivity contribution >= 4 is 17.5 Å². The van der Waals surface area contributed by atoms with Crippen molar-refractivity contribution in [3.63, 3.8) is 0 Å². The Balaban J connectivity index is 1.27.